The summed E-state index contributed by atoms with van der Waals surface area (Å²) < 4.78 is 4.18. The Morgan fingerprint density at radius 2 is 2.15 bits per heavy atom. The maximum atomic E-state index is 4.53. The average Bonchev–Trinajstić information content (AvgIpc) is 3.00. The van der Waals surface area contributed by atoms with Gasteiger partial charge in [0.25, 0.3) is 0 Å². The quantitative estimate of drug-likeness (QED) is 0.843. The van der Waals surface area contributed by atoms with Crippen molar-refractivity contribution >= 4 is 0 Å². The van der Waals surface area contributed by atoms with Gasteiger partial charge in [-0.05, 0) is 32.9 Å². The molecular weight excluding hydrogens is 250 g/mol. The molecule has 0 aliphatic rings. The second-order valence-electron chi connectivity index (χ2n) is 5.23. The Morgan fingerprint density at radius 3 is 2.75 bits per heavy atom. The third kappa shape index (κ3) is 3.28. The highest BCUT2D eigenvalue weighted by atomic mass is 15.3. The van der Waals surface area contributed by atoms with Crippen LogP contribution in [0, 0.1) is 6.92 Å². The Balaban J connectivity index is 2.21. The Hall–Kier alpha value is -1.62. The van der Waals surface area contributed by atoms with Crippen molar-refractivity contribution in [2.24, 2.45) is 7.05 Å². The van der Waals surface area contributed by atoms with Crippen LogP contribution in [0.1, 0.15) is 43.4 Å². The summed E-state index contributed by atoms with van der Waals surface area (Å²) in [6, 6.07) is 2.46. The topological polar surface area (TPSA) is 47.7 Å². The van der Waals surface area contributed by atoms with Gasteiger partial charge in [0.05, 0.1) is 23.8 Å². The van der Waals surface area contributed by atoms with Gasteiger partial charge in [0.2, 0.25) is 0 Å². The van der Waals surface area contributed by atoms with Crippen LogP contribution in [0.25, 0.3) is 0 Å². The summed E-state index contributed by atoms with van der Waals surface area (Å²) in [4.78, 5) is 4.24. The highest BCUT2D eigenvalue weighted by Crippen LogP contribution is 2.18. The lowest BCUT2D eigenvalue weighted by Gasteiger charge is -2.19. The van der Waals surface area contributed by atoms with E-state index in [0.29, 0.717) is 0 Å². The van der Waals surface area contributed by atoms with Gasteiger partial charge in [-0.25, -0.2) is 4.98 Å². The number of aromatic nitrogens is 4. The maximum absolute atomic E-state index is 4.53. The number of hydrogen-bond donors (Lipinski definition) is 1. The van der Waals surface area contributed by atoms with E-state index >= 15 is 0 Å². The smallest absolute Gasteiger partial charge is 0.0946 e. The van der Waals surface area contributed by atoms with Crippen molar-refractivity contribution in [3.63, 3.8) is 0 Å². The van der Waals surface area contributed by atoms with E-state index in [1.165, 1.54) is 11.4 Å². The molecule has 2 heterocycles. The van der Waals surface area contributed by atoms with E-state index in [4.69, 9.17) is 0 Å². The van der Waals surface area contributed by atoms with Crippen LogP contribution in [0.15, 0.2) is 18.6 Å². The van der Waals surface area contributed by atoms with Crippen LogP contribution >= 0.6 is 0 Å². The van der Waals surface area contributed by atoms with E-state index in [0.717, 1.165) is 31.6 Å². The molecule has 0 spiro atoms. The van der Waals surface area contributed by atoms with E-state index in [-0.39, 0.29) is 6.04 Å². The number of aryl methyl sites for hydroxylation is 3. The Kier molecular flexibility index (Phi) is 4.95. The number of hydrogen-bond acceptors (Lipinski definition) is 3. The summed E-state index contributed by atoms with van der Waals surface area (Å²) in [6.45, 7) is 8.29. The predicted octanol–water partition coefficient (Wildman–Crippen LogP) is 2.23. The summed E-state index contributed by atoms with van der Waals surface area (Å²) >= 11 is 0. The van der Waals surface area contributed by atoms with E-state index < -0.39 is 0 Å². The molecule has 0 bridgehead atoms. The van der Waals surface area contributed by atoms with Crippen LogP contribution in [-0.4, -0.2) is 25.9 Å². The molecule has 2 aromatic heterocycles. The van der Waals surface area contributed by atoms with Crippen molar-refractivity contribution < 1.29 is 0 Å². The molecule has 1 N–H and O–H groups in total. The zero-order valence-electron chi connectivity index (χ0n) is 12.9. The Bertz CT molecular complexity index is 540. The summed E-state index contributed by atoms with van der Waals surface area (Å²) in [7, 11) is 2.05. The van der Waals surface area contributed by atoms with Gasteiger partial charge < -0.3 is 9.88 Å². The van der Waals surface area contributed by atoms with Crippen molar-refractivity contribution in [1.29, 1.82) is 0 Å². The fraction of sp³-hybridized carbons (Fsp3) is 0.600. The fourth-order valence-corrected chi connectivity index (χ4v) is 2.55. The van der Waals surface area contributed by atoms with Gasteiger partial charge >= 0.3 is 0 Å². The molecule has 0 aliphatic heterocycles. The second kappa shape index (κ2) is 6.70. The van der Waals surface area contributed by atoms with Crippen molar-refractivity contribution in [3.05, 3.63) is 35.7 Å². The lowest BCUT2D eigenvalue weighted by molar-refractivity contribution is 0.483. The molecule has 1 unspecified atom stereocenters. The van der Waals surface area contributed by atoms with Gasteiger partial charge in [0, 0.05) is 31.9 Å². The van der Waals surface area contributed by atoms with Gasteiger partial charge in [-0.2, -0.15) is 5.10 Å². The molecule has 0 fully saturated rings. The van der Waals surface area contributed by atoms with Gasteiger partial charge in [0.1, 0.15) is 0 Å². The third-order valence-corrected chi connectivity index (χ3v) is 3.55. The molecule has 0 radical (unpaired) electrons. The largest absolute Gasteiger partial charge is 0.336 e. The van der Waals surface area contributed by atoms with Crippen LogP contribution in [0.5, 0.6) is 0 Å². The first-order chi connectivity index (χ1) is 9.65. The van der Waals surface area contributed by atoms with Gasteiger partial charge in [-0.1, -0.05) is 6.92 Å². The molecule has 0 saturated heterocycles. The van der Waals surface area contributed by atoms with Crippen LogP contribution in [-0.2, 0) is 20.0 Å². The zero-order chi connectivity index (χ0) is 14.5. The van der Waals surface area contributed by atoms with Crippen molar-refractivity contribution in [3.8, 4) is 0 Å². The monoisotopic (exact) mass is 275 g/mol. The molecule has 0 saturated carbocycles. The first-order valence-electron chi connectivity index (χ1n) is 7.38. The van der Waals surface area contributed by atoms with E-state index in [2.05, 4.69) is 44.6 Å². The normalized spacial score (nSPS) is 12.8. The van der Waals surface area contributed by atoms with Crippen LogP contribution in [0.2, 0.25) is 0 Å². The van der Waals surface area contributed by atoms with Crippen molar-refractivity contribution in [2.45, 2.75) is 46.2 Å². The number of nitrogens with zero attached hydrogens (tertiary/aromatic N) is 4. The molecule has 5 heteroatoms. The maximum Gasteiger partial charge on any atom is 0.0946 e. The van der Waals surface area contributed by atoms with Crippen molar-refractivity contribution in [2.75, 3.05) is 6.54 Å². The lowest BCUT2D eigenvalue weighted by Crippen LogP contribution is -2.26. The Morgan fingerprint density at radius 1 is 1.35 bits per heavy atom. The molecule has 0 aliphatic carbocycles. The average molecular weight is 275 g/mol. The molecule has 20 heavy (non-hydrogen) atoms. The van der Waals surface area contributed by atoms with E-state index in [1.807, 2.05) is 26.5 Å². The summed E-state index contributed by atoms with van der Waals surface area (Å²) in [6.07, 6.45) is 5.87. The lowest BCUT2D eigenvalue weighted by atomic mass is 10.1. The fourth-order valence-electron chi connectivity index (χ4n) is 2.55. The second-order valence-corrected chi connectivity index (χ2v) is 5.23. The minimum Gasteiger partial charge on any atom is -0.336 e. The molecule has 1 atom stereocenters. The number of nitrogens with one attached hydrogen (secondary N) is 1. The van der Waals surface area contributed by atoms with E-state index in [1.54, 1.807) is 0 Å². The van der Waals surface area contributed by atoms with Gasteiger partial charge in [0.15, 0.2) is 0 Å². The van der Waals surface area contributed by atoms with Crippen LogP contribution < -0.4 is 5.32 Å². The van der Waals surface area contributed by atoms with Gasteiger partial charge in [-0.3, -0.25) is 4.68 Å². The zero-order valence-corrected chi connectivity index (χ0v) is 12.9. The molecule has 2 rings (SSSR count). The first kappa shape index (κ1) is 14.8. The number of imidazole rings is 1. The Labute approximate surface area is 121 Å². The molecule has 2 aromatic rings. The number of rotatable bonds is 7. The van der Waals surface area contributed by atoms with E-state index in [9.17, 15) is 0 Å². The summed E-state index contributed by atoms with van der Waals surface area (Å²) in [5, 5.41) is 8.15. The predicted molar refractivity (Wildman–Crippen MR) is 80.6 cm³/mol. The summed E-state index contributed by atoms with van der Waals surface area (Å²) in [5.41, 5.74) is 3.58. The molecule has 110 valence electrons. The van der Waals surface area contributed by atoms with Crippen molar-refractivity contribution in [1.82, 2.24) is 24.6 Å². The van der Waals surface area contributed by atoms with Crippen LogP contribution in [0.3, 0.4) is 0 Å². The van der Waals surface area contributed by atoms with Gasteiger partial charge in [-0.15, -0.1) is 0 Å². The minimum atomic E-state index is 0.281. The SMILES string of the molecule is CCCNC(Cc1cc(C)nn1CC)c1cncn1C. The standard InChI is InChI=1S/C15H25N5/c1-5-7-17-14(15-10-16-11-19(15)4)9-13-8-12(3)18-20(13)6-2/h8,10-11,14,17H,5-7,9H2,1-4H3. The highest BCUT2D eigenvalue weighted by molar-refractivity contribution is 5.15. The molecule has 0 aromatic carbocycles. The minimum absolute atomic E-state index is 0.281. The van der Waals surface area contributed by atoms with Crippen LogP contribution in [0.4, 0.5) is 0 Å². The molecule has 5 nitrogen and oxygen atoms in total. The first-order valence-corrected chi connectivity index (χ1v) is 7.38. The molecule has 0 amide bonds. The highest BCUT2D eigenvalue weighted by Gasteiger charge is 2.17. The molecular formula is C15H25N5. The summed E-state index contributed by atoms with van der Waals surface area (Å²) in [5.74, 6) is 0. The third-order valence-electron chi connectivity index (χ3n) is 3.55.